The molecule has 0 saturated carbocycles. The first-order chi connectivity index (χ1) is 7.88. The van der Waals surface area contributed by atoms with Crippen molar-refractivity contribution in [2.45, 2.75) is 26.2 Å². The Bertz CT molecular complexity index is 544. The summed E-state index contributed by atoms with van der Waals surface area (Å²) in [6.07, 6.45) is 0. The van der Waals surface area contributed by atoms with Gasteiger partial charge in [-0.1, -0.05) is 49.1 Å². The summed E-state index contributed by atoms with van der Waals surface area (Å²) < 4.78 is 5.22. The lowest BCUT2D eigenvalue weighted by Crippen LogP contribution is -2.11. The van der Waals surface area contributed by atoms with E-state index in [0.717, 1.165) is 5.56 Å². The van der Waals surface area contributed by atoms with Gasteiger partial charge in [0.2, 0.25) is 11.7 Å². The van der Waals surface area contributed by atoms with Crippen LogP contribution in [0.25, 0.3) is 11.4 Å². The third-order valence-corrected chi connectivity index (χ3v) is 2.79. The van der Waals surface area contributed by atoms with Gasteiger partial charge in [-0.2, -0.15) is 4.98 Å². The second kappa shape index (κ2) is 4.31. The molecule has 1 aromatic carbocycles. The van der Waals surface area contributed by atoms with Crippen LogP contribution < -0.4 is 0 Å². The highest BCUT2D eigenvalue weighted by Crippen LogP contribution is 2.30. The highest BCUT2D eigenvalue weighted by Gasteiger charge is 2.22. The second-order valence-corrected chi connectivity index (χ2v) is 5.64. The second-order valence-electron chi connectivity index (χ2n) is 4.80. The molecule has 90 valence electrons. The summed E-state index contributed by atoms with van der Waals surface area (Å²) in [4.78, 5) is 4.34. The predicted molar refractivity (Wildman–Crippen MR) is 68.5 cm³/mol. The topological polar surface area (TPSA) is 38.9 Å². The molecule has 0 aliphatic heterocycles. The molecule has 0 fully saturated rings. The molecule has 0 amide bonds. The maximum absolute atomic E-state index is 6.08. The fourth-order valence-corrected chi connectivity index (χ4v) is 1.80. The van der Waals surface area contributed by atoms with Crippen LogP contribution in [-0.4, -0.2) is 10.1 Å². The van der Waals surface area contributed by atoms with Crippen molar-refractivity contribution in [1.29, 1.82) is 0 Å². The molecule has 0 bridgehead atoms. The summed E-state index contributed by atoms with van der Waals surface area (Å²) in [5.41, 5.74) is 0.541. The average Bonchev–Trinajstić information content (AvgIpc) is 2.65. The van der Waals surface area contributed by atoms with Crippen molar-refractivity contribution in [3.05, 3.63) is 34.1 Å². The van der Waals surface area contributed by atoms with Crippen molar-refractivity contribution in [2.75, 3.05) is 0 Å². The molecular formula is C12H12Cl2N2O. The maximum atomic E-state index is 6.08. The monoisotopic (exact) mass is 270 g/mol. The van der Waals surface area contributed by atoms with Crippen molar-refractivity contribution in [3.8, 4) is 11.4 Å². The predicted octanol–water partition coefficient (Wildman–Crippen LogP) is 4.34. The summed E-state index contributed by atoms with van der Waals surface area (Å²) in [6, 6.07) is 5.18. The van der Waals surface area contributed by atoms with Crippen LogP contribution >= 0.6 is 23.2 Å². The summed E-state index contributed by atoms with van der Waals surface area (Å²) in [7, 11) is 0. The fraction of sp³-hybridized carbons (Fsp3) is 0.333. The minimum absolute atomic E-state index is 0.176. The third-order valence-electron chi connectivity index (χ3n) is 2.24. The smallest absolute Gasteiger partial charge is 0.232 e. The number of halogens is 2. The van der Waals surface area contributed by atoms with Crippen molar-refractivity contribution < 1.29 is 4.52 Å². The van der Waals surface area contributed by atoms with E-state index in [-0.39, 0.29) is 5.41 Å². The molecule has 2 rings (SSSR count). The Morgan fingerprint density at radius 1 is 1.18 bits per heavy atom. The van der Waals surface area contributed by atoms with Gasteiger partial charge in [-0.05, 0) is 18.2 Å². The standard InChI is InChI=1S/C12H12Cl2N2O/c1-12(2,3)11-15-10(16-17-11)8-5-4-7(13)6-9(8)14/h4-6H,1-3H3. The molecule has 5 heteroatoms. The summed E-state index contributed by atoms with van der Waals surface area (Å²) in [6.45, 7) is 6.02. The van der Waals surface area contributed by atoms with E-state index in [1.165, 1.54) is 0 Å². The first-order valence-electron chi connectivity index (χ1n) is 5.17. The van der Waals surface area contributed by atoms with E-state index >= 15 is 0 Å². The van der Waals surface area contributed by atoms with Gasteiger partial charge in [0.15, 0.2) is 0 Å². The van der Waals surface area contributed by atoms with E-state index in [9.17, 15) is 0 Å². The number of rotatable bonds is 1. The van der Waals surface area contributed by atoms with E-state index in [0.29, 0.717) is 21.8 Å². The Balaban J connectivity index is 2.44. The van der Waals surface area contributed by atoms with Gasteiger partial charge < -0.3 is 4.52 Å². The Morgan fingerprint density at radius 3 is 2.41 bits per heavy atom. The highest BCUT2D eigenvalue weighted by molar-refractivity contribution is 6.36. The van der Waals surface area contributed by atoms with Crippen LogP contribution in [0.5, 0.6) is 0 Å². The van der Waals surface area contributed by atoms with E-state index < -0.39 is 0 Å². The Hall–Kier alpha value is -1.06. The normalized spacial score (nSPS) is 11.8. The van der Waals surface area contributed by atoms with Crippen molar-refractivity contribution >= 4 is 23.2 Å². The van der Waals surface area contributed by atoms with Gasteiger partial charge in [-0.25, -0.2) is 0 Å². The lowest BCUT2D eigenvalue weighted by atomic mass is 9.97. The van der Waals surface area contributed by atoms with Gasteiger partial charge in [-0.3, -0.25) is 0 Å². The maximum Gasteiger partial charge on any atom is 0.232 e. The van der Waals surface area contributed by atoms with Crippen LogP contribution in [-0.2, 0) is 5.41 Å². The minimum atomic E-state index is -0.176. The molecule has 0 saturated heterocycles. The van der Waals surface area contributed by atoms with Crippen LogP contribution in [0.4, 0.5) is 0 Å². The SMILES string of the molecule is CC(C)(C)c1nc(-c2ccc(Cl)cc2Cl)no1. The van der Waals surface area contributed by atoms with E-state index in [1.54, 1.807) is 18.2 Å². The van der Waals surface area contributed by atoms with Crippen molar-refractivity contribution in [3.63, 3.8) is 0 Å². The number of benzene rings is 1. The van der Waals surface area contributed by atoms with Crippen LogP contribution in [0, 0.1) is 0 Å². The molecule has 1 aromatic heterocycles. The molecule has 0 spiro atoms. The van der Waals surface area contributed by atoms with Gasteiger partial charge in [0, 0.05) is 16.0 Å². The molecule has 3 nitrogen and oxygen atoms in total. The Morgan fingerprint density at radius 2 is 1.88 bits per heavy atom. The third kappa shape index (κ3) is 2.61. The quantitative estimate of drug-likeness (QED) is 0.774. The molecule has 0 radical (unpaired) electrons. The zero-order chi connectivity index (χ0) is 12.6. The molecule has 0 aliphatic rings. The van der Waals surface area contributed by atoms with E-state index in [1.807, 2.05) is 20.8 Å². The first-order valence-corrected chi connectivity index (χ1v) is 5.93. The molecule has 0 atom stereocenters. The van der Waals surface area contributed by atoms with Gasteiger partial charge in [0.25, 0.3) is 0 Å². The molecule has 0 aliphatic carbocycles. The van der Waals surface area contributed by atoms with E-state index in [2.05, 4.69) is 10.1 Å². The van der Waals surface area contributed by atoms with Crippen molar-refractivity contribution in [1.82, 2.24) is 10.1 Å². The van der Waals surface area contributed by atoms with Gasteiger partial charge in [0.05, 0.1) is 5.02 Å². The molecule has 17 heavy (non-hydrogen) atoms. The van der Waals surface area contributed by atoms with Crippen LogP contribution in [0.1, 0.15) is 26.7 Å². The van der Waals surface area contributed by atoms with Crippen LogP contribution in [0.3, 0.4) is 0 Å². The number of aromatic nitrogens is 2. The average molecular weight is 271 g/mol. The number of nitrogens with zero attached hydrogens (tertiary/aromatic N) is 2. The lowest BCUT2D eigenvalue weighted by Gasteiger charge is -2.10. The molecule has 1 heterocycles. The van der Waals surface area contributed by atoms with Crippen LogP contribution in [0.2, 0.25) is 10.0 Å². The fourth-order valence-electron chi connectivity index (χ4n) is 1.31. The first kappa shape index (κ1) is 12.4. The highest BCUT2D eigenvalue weighted by atomic mass is 35.5. The van der Waals surface area contributed by atoms with Crippen molar-refractivity contribution in [2.24, 2.45) is 0 Å². The Labute approximate surface area is 110 Å². The lowest BCUT2D eigenvalue weighted by molar-refractivity contribution is 0.321. The largest absolute Gasteiger partial charge is 0.338 e. The van der Waals surface area contributed by atoms with Gasteiger partial charge >= 0.3 is 0 Å². The zero-order valence-electron chi connectivity index (χ0n) is 9.79. The number of hydrogen-bond donors (Lipinski definition) is 0. The summed E-state index contributed by atoms with van der Waals surface area (Å²) in [5, 5.41) is 5.02. The Kier molecular flexibility index (Phi) is 3.15. The number of hydrogen-bond acceptors (Lipinski definition) is 3. The molecule has 0 unspecified atom stereocenters. The molecular weight excluding hydrogens is 259 g/mol. The molecule has 0 N–H and O–H groups in total. The van der Waals surface area contributed by atoms with E-state index in [4.69, 9.17) is 27.7 Å². The zero-order valence-corrected chi connectivity index (χ0v) is 11.3. The summed E-state index contributed by atoms with van der Waals surface area (Å²) >= 11 is 11.9. The molecule has 2 aromatic rings. The van der Waals surface area contributed by atoms with Gasteiger partial charge in [0.1, 0.15) is 0 Å². The minimum Gasteiger partial charge on any atom is -0.338 e. The summed E-state index contributed by atoms with van der Waals surface area (Å²) in [5.74, 6) is 1.06. The van der Waals surface area contributed by atoms with Gasteiger partial charge in [-0.15, -0.1) is 0 Å². The van der Waals surface area contributed by atoms with Crippen LogP contribution in [0.15, 0.2) is 22.7 Å².